The van der Waals surface area contributed by atoms with Gasteiger partial charge in [-0.25, -0.2) is 0 Å². The van der Waals surface area contributed by atoms with Crippen molar-refractivity contribution < 1.29 is 9.47 Å². The molecule has 0 fully saturated rings. The molecule has 0 saturated carbocycles. The fourth-order valence-electron chi connectivity index (χ4n) is 2.27. The number of aromatic nitrogens is 1. The van der Waals surface area contributed by atoms with Gasteiger partial charge in [-0.15, -0.1) is 11.3 Å². The Balaban J connectivity index is 1.98. The van der Waals surface area contributed by atoms with Gasteiger partial charge in [0.1, 0.15) is 0 Å². The maximum Gasteiger partial charge on any atom is 0.161 e. The number of nitrogens with zero attached hydrogens (tertiary/aromatic N) is 1. The molecule has 0 spiro atoms. The van der Waals surface area contributed by atoms with Crippen molar-refractivity contribution in [1.82, 2.24) is 4.98 Å². The molecule has 21 heavy (non-hydrogen) atoms. The van der Waals surface area contributed by atoms with Gasteiger partial charge in [-0.1, -0.05) is 6.07 Å². The van der Waals surface area contributed by atoms with E-state index in [0.29, 0.717) is 11.5 Å². The van der Waals surface area contributed by atoms with E-state index in [1.807, 2.05) is 35.8 Å². The minimum absolute atomic E-state index is 0.246. The molecule has 4 nitrogen and oxygen atoms in total. The molecule has 0 aliphatic heterocycles. The van der Waals surface area contributed by atoms with Gasteiger partial charge < -0.3 is 15.2 Å². The average molecular weight is 300 g/mol. The van der Waals surface area contributed by atoms with Crippen LogP contribution >= 0.6 is 11.3 Å². The van der Waals surface area contributed by atoms with Crippen LogP contribution < -0.4 is 15.2 Å². The number of hydrogen-bond acceptors (Lipinski definition) is 5. The van der Waals surface area contributed by atoms with E-state index < -0.39 is 0 Å². The first-order chi connectivity index (χ1) is 10.2. The number of methoxy groups -OCH3 is 2. The number of pyridine rings is 1. The first-order valence-corrected chi connectivity index (χ1v) is 7.41. The first kappa shape index (κ1) is 13.9. The summed E-state index contributed by atoms with van der Waals surface area (Å²) in [4.78, 5) is 4.44. The highest BCUT2D eigenvalue weighted by Gasteiger charge is 2.13. The summed E-state index contributed by atoms with van der Waals surface area (Å²) in [5, 5.41) is 2.03. The zero-order valence-corrected chi connectivity index (χ0v) is 12.7. The van der Waals surface area contributed by atoms with Crippen molar-refractivity contribution in [2.75, 3.05) is 14.2 Å². The number of thiophene rings is 1. The zero-order chi connectivity index (χ0) is 14.8. The summed E-state index contributed by atoms with van der Waals surface area (Å²) in [5.41, 5.74) is 9.31. The fourth-order valence-corrected chi connectivity index (χ4v) is 3.06. The van der Waals surface area contributed by atoms with E-state index in [1.165, 1.54) is 0 Å². The van der Waals surface area contributed by atoms with Crippen molar-refractivity contribution in [2.45, 2.75) is 6.04 Å². The van der Waals surface area contributed by atoms with Crippen molar-refractivity contribution in [3.05, 3.63) is 53.0 Å². The predicted molar refractivity (Wildman–Crippen MR) is 85.2 cm³/mol. The second-order valence-corrected chi connectivity index (χ2v) is 5.61. The van der Waals surface area contributed by atoms with E-state index in [-0.39, 0.29) is 6.04 Å². The lowest BCUT2D eigenvalue weighted by Gasteiger charge is -2.15. The molecule has 0 aliphatic carbocycles. The number of ether oxygens (including phenoxy) is 2. The first-order valence-electron chi connectivity index (χ1n) is 6.53. The second-order valence-electron chi connectivity index (χ2n) is 4.66. The number of hydrogen-bond donors (Lipinski definition) is 1. The Labute approximate surface area is 127 Å². The van der Waals surface area contributed by atoms with Crippen molar-refractivity contribution >= 4 is 21.6 Å². The number of nitrogens with two attached hydrogens (primary N) is 1. The monoisotopic (exact) mass is 300 g/mol. The zero-order valence-electron chi connectivity index (χ0n) is 11.9. The van der Waals surface area contributed by atoms with E-state index in [2.05, 4.69) is 11.1 Å². The highest BCUT2D eigenvalue weighted by molar-refractivity contribution is 7.17. The summed E-state index contributed by atoms with van der Waals surface area (Å²) in [7, 11) is 3.23. The molecule has 0 aliphatic rings. The minimum Gasteiger partial charge on any atom is -0.493 e. The molecule has 0 saturated heterocycles. The number of fused-ring (bicyclic) bond motifs is 1. The van der Waals surface area contributed by atoms with Crippen LogP contribution in [0, 0.1) is 0 Å². The predicted octanol–water partition coefficient (Wildman–Crippen LogP) is 3.36. The van der Waals surface area contributed by atoms with Crippen LogP contribution in [0.4, 0.5) is 0 Å². The molecule has 108 valence electrons. The Morgan fingerprint density at radius 3 is 2.62 bits per heavy atom. The highest BCUT2D eigenvalue weighted by Crippen LogP contribution is 2.32. The van der Waals surface area contributed by atoms with Crippen LogP contribution in [0.15, 0.2) is 41.9 Å². The van der Waals surface area contributed by atoms with Gasteiger partial charge in [0.2, 0.25) is 0 Å². The van der Waals surface area contributed by atoms with Crippen LogP contribution in [-0.4, -0.2) is 19.2 Å². The number of rotatable bonds is 4. The van der Waals surface area contributed by atoms with Gasteiger partial charge >= 0.3 is 0 Å². The fraction of sp³-hybridized carbons (Fsp3) is 0.188. The Kier molecular flexibility index (Phi) is 3.77. The van der Waals surface area contributed by atoms with Gasteiger partial charge in [-0.05, 0) is 40.8 Å². The molecular formula is C16H16N2O2S. The van der Waals surface area contributed by atoms with E-state index in [9.17, 15) is 0 Å². The Morgan fingerprint density at radius 1 is 1.05 bits per heavy atom. The summed E-state index contributed by atoms with van der Waals surface area (Å²) < 4.78 is 11.7. The second kappa shape index (κ2) is 5.71. The quantitative estimate of drug-likeness (QED) is 0.802. The van der Waals surface area contributed by atoms with Crippen LogP contribution in [0.2, 0.25) is 0 Å². The molecule has 2 heterocycles. The van der Waals surface area contributed by atoms with Crippen LogP contribution in [0.25, 0.3) is 10.2 Å². The van der Waals surface area contributed by atoms with Gasteiger partial charge in [0.15, 0.2) is 11.5 Å². The summed E-state index contributed by atoms with van der Waals surface area (Å²) in [6.45, 7) is 0. The summed E-state index contributed by atoms with van der Waals surface area (Å²) in [6, 6.07) is 9.57. The van der Waals surface area contributed by atoms with Crippen LogP contribution in [0.3, 0.4) is 0 Å². The molecule has 3 aromatic rings. The molecule has 0 bridgehead atoms. The molecule has 0 radical (unpaired) electrons. The third-order valence-corrected chi connectivity index (χ3v) is 4.30. The standard InChI is InChI=1S/C16H16N2O2S/c1-19-13-4-3-10(7-14(13)20-2)16(17)11-8-15-12(18-9-11)5-6-21-15/h3-9,16H,17H2,1-2H3. The Morgan fingerprint density at radius 2 is 1.86 bits per heavy atom. The van der Waals surface area contributed by atoms with Gasteiger partial charge in [0.05, 0.1) is 30.5 Å². The van der Waals surface area contributed by atoms with Gasteiger partial charge in [-0.3, -0.25) is 4.98 Å². The van der Waals surface area contributed by atoms with Crippen molar-refractivity contribution in [3.63, 3.8) is 0 Å². The summed E-state index contributed by atoms with van der Waals surface area (Å²) in [6.07, 6.45) is 1.83. The SMILES string of the molecule is COc1ccc(C(N)c2cnc3ccsc3c2)cc1OC. The van der Waals surface area contributed by atoms with E-state index in [4.69, 9.17) is 15.2 Å². The maximum atomic E-state index is 6.36. The van der Waals surface area contributed by atoms with Gasteiger partial charge in [-0.2, -0.15) is 0 Å². The largest absolute Gasteiger partial charge is 0.493 e. The van der Waals surface area contributed by atoms with E-state index >= 15 is 0 Å². The highest BCUT2D eigenvalue weighted by atomic mass is 32.1. The van der Waals surface area contributed by atoms with Gasteiger partial charge in [0, 0.05) is 6.20 Å². The smallest absolute Gasteiger partial charge is 0.161 e. The van der Waals surface area contributed by atoms with Crippen LogP contribution in [0.5, 0.6) is 11.5 Å². The molecule has 1 atom stereocenters. The average Bonchev–Trinajstić information content (AvgIpc) is 3.00. The minimum atomic E-state index is -0.246. The molecule has 5 heteroatoms. The lowest BCUT2D eigenvalue weighted by Crippen LogP contribution is -2.12. The van der Waals surface area contributed by atoms with E-state index in [0.717, 1.165) is 21.3 Å². The third-order valence-electron chi connectivity index (χ3n) is 3.45. The molecule has 2 aromatic heterocycles. The molecule has 1 unspecified atom stereocenters. The molecule has 2 N–H and O–H groups in total. The molecule has 0 amide bonds. The van der Waals surface area contributed by atoms with Crippen molar-refractivity contribution in [2.24, 2.45) is 5.73 Å². The molecular weight excluding hydrogens is 284 g/mol. The van der Waals surface area contributed by atoms with Crippen molar-refractivity contribution in [1.29, 1.82) is 0 Å². The Hall–Kier alpha value is -2.11. The summed E-state index contributed by atoms with van der Waals surface area (Å²) in [5.74, 6) is 1.37. The van der Waals surface area contributed by atoms with Crippen LogP contribution in [-0.2, 0) is 0 Å². The topological polar surface area (TPSA) is 57.4 Å². The molecule has 3 rings (SSSR count). The van der Waals surface area contributed by atoms with E-state index in [1.54, 1.807) is 25.6 Å². The normalized spacial score (nSPS) is 12.3. The summed E-state index contributed by atoms with van der Waals surface area (Å²) >= 11 is 1.67. The third kappa shape index (κ3) is 2.57. The van der Waals surface area contributed by atoms with Gasteiger partial charge in [0.25, 0.3) is 0 Å². The van der Waals surface area contributed by atoms with Crippen molar-refractivity contribution in [3.8, 4) is 11.5 Å². The lowest BCUT2D eigenvalue weighted by atomic mass is 10.0. The Bertz CT molecular complexity index is 770. The number of benzene rings is 1. The maximum absolute atomic E-state index is 6.36. The van der Waals surface area contributed by atoms with Crippen LogP contribution in [0.1, 0.15) is 17.2 Å². The molecule has 1 aromatic carbocycles. The lowest BCUT2D eigenvalue weighted by molar-refractivity contribution is 0.354.